The lowest BCUT2D eigenvalue weighted by atomic mass is 10.2. The van der Waals surface area contributed by atoms with Gasteiger partial charge in [-0.3, -0.25) is 4.99 Å². The second kappa shape index (κ2) is 7.75. The molecule has 0 fully saturated rings. The number of nitrogens with zero attached hydrogens (tertiary/aromatic N) is 1. The van der Waals surface area contributed by atoms with Gasteiger partial charge in [-0.1, -0.05) is 19.1 Å². The Morgan fingerprint density at radius 3 is 2.52 bits per heavy atom. The van der Waals surface area contributed by atoms with Gasteiger partial charge in [-0.05, 0) is 18.6 Å². The molecule has 0 amide bonds. The van der Waals surface area contributed by atoms with Crippen LogP contribution in [0.25, 0.3) is 0 Å². The Labute approximate surface area is 122 Å². The third-order valence-corrected chi connectivity index (χ3v) is 2.90. The van der Waals surface area contributed by atoms with Gasteiger partial charge in [0.2, 0.25) is 0 Å². The molecule has 21 heavy (non-hydrogen) atoms. The van der Waals surface area contributed by atoms with Crippen molar-refractivity contribution >= 4 is 5.96 Å². The van der Waals surface area contributed by atoms with E-state index in [-0.39, 0.29) is 5.75 Å². The minimum absolute atomic E-state index is 0.155. The maximum absolute atomic E-state index is 12.9. The zero-order chi connectivity index (χ0) is 15.9. The molecule has 0 aromatic heterocycles. The number of guanidine groups is 1. The number of hydrogen-bond donors (Lipinski definition) is 2. The molecule has 0 heterocycles. The number of nitrogens with one attached hydrogen (secondary N) is 2. The van der Waals surface area contributed by atoms with Crippen molar-refractivity contribution in [3.05, 3.63) is 29.8 Å². The SMILES string of the molecule is CCC(CNC(=NC)NC)Oc1ccccc1C(F)(F)F. The molecule has 1 unspecified atom stereocenters. The highest BCUT2D eigenvalue weighted by molar-refractivity contribution is 5.79. The highest BCUT2D eigenvalue weighted by atomic mass is 19.4. The number of aliphatic imine (C=N–C) groups is 1. The molecule has 0 saturated carbocycles. The summed E-state index contributed by atoms with van der Waals surface area (Å²) < 4.78 is 44.2. The van der Waals surface area contributed by atoms with Crippen LogP contribution in [0.4, 0.5) is 13.2 Å². The maximum atomic E-state index is 12.9. The lowest BCUT2D eigenvalue weighted by Crippen LogP contribution is -2.41. The average Bonchev–Trinajstić information content (AvgIpc) is 2.46. The van der Waals surface area contributed by atoms with Crippen LogP contribution in [0.1, 0.15) is 18.9 Å². The van der Waals surface area contributed by atoms with Crippen molar-refractivity contribution in [3.8, 4) is 5.75 Å². The van der Waals surface area contributed by atoms with Crippen molar-refractivity contribution in [2.75, 3.05) is 20.6 Å². The predicted octanol–water partition coefficient (Wildman–Crippen LogP) is 2.66. The molecular formula is C14H20F3N3O. The smallest absolute Gasteiger partial charge is 0.419 e. The lowest BCUT2D eigenvalue weighted by Gasteiger charge is -2.21. The summed E-state index contributed by atoms with van der Waals surface area (Å²) in [5, 5.41) is 5.82. The van der Waals surface area contributed by atoms with Gasteiger partial charge in [-0.25, -0.2) is 0 Å². The summed E-state index contributed by atoms with van der Waals surface area (Å²) in [5.74, 6) is 0.402. The summed E-state index contributed by atoms with van der Waals surface area (Å²) >= 11 is 0. The number of rotatable bonds is 5. The van der Waals surface area contributed by atoms with E-state index in [2.05, 4.69) is 15.6 Å². The molecule has 1 rings (SSSR count). The topological polar surface area (TPSA) is 45.7 Å². The molecule has 1 aromatic rings. The fraction of sp³-hybridized carbons (Fsp3) is 0.500. The summed E-state index contributed by atoms with van der Waals surface area (Å²) in [6, 6.07) is 5.22. The molecule has 0 aliphatic heterocycles. The summed E-state index contributed by atoms with van der Waals surface area (Å²) in [5.41, 5.74) is -0.763. The number of para-hydroxylation sites is 1. The summed E-state index contributed by atoms with van der Waals surface area (Å²) in [4.78, 5) is 3.94. The van der Waals surface area contributed by atoms with Crippen molar-refractivity contribution in [1.82, 2.24) is 10.6 Å². The molecule has 1 atom stereocenters. The first kappa shape index (κ1) is 17.1. The Hall–Kier alpha value is -1.92. The molecule has 0 aliphatic carbocycles. The predicted molar refractivity (Wildman–Crippen MR) is 76.6 cm³/mol. The highest BCUT2D eigenvalue weighted by Gasteiger charge is 2.34. The third kappa shape index (κ3) is 5.17. The largest absolute Gasteiger partial charge is 0.488 e. The maximum Gasteiger partial charge on any atom is 0.419 e. The molecule has 0 aliphatic rings. The second-order valence-electron chi connectivity index (χ2n) is 4.35. The van der Waals surface area contributed by atoms with Crippen LogP contribution in [0.2, 0.25) is 0 Å². The minimum atomic E-state index is -4.43. The fourth-order valence-corrected chi connectivity index (χ4v) is 1.74. The van der Waals surface area contributed by atoms with Crippen molar-refractivity contribution in [3.63, 3.8) is 0 Å². The Morgan fingerprint density at radius 1 is 1.33 bits per heavy atom. The molecule has 7 heteroatoms. The van der Waals surface area contributed by atoms with Gasteiger partial charge >= 0.3 is 6.18 Å². The first-order valence-corrected chi connectivity index (χ1v) is 6.63. The van der Waals surface area contributed by atoms with E-state index in [0.717, 1.165) is 6.07 Å². The first-order chi connectivity index (χ1) is 9.92. The van der Waals surface area contributed by atoms with E-state index < -0.39 is 17.8 Å². The number of benzene rings is 1. The van der Waals surface area contributed by atoms with Crippen LogP contribution in [0.15, 0.2) is 29.3 Å². The van der Waals surface area contributed by atoms with Gasteiger partial charge in [0.05, 0.1) is 12.1 Å². The van der Waals surface area contributed by atoms with Gasteiger partial charge in [-0.2, -0.15) is 13.2 Å². The normalized spacial score (nSPS) is 13.7. The van der Waals surface area contributed by atoms with Crippen LogP contribution in [-0.4, -0.2) is 32.7 Å². The van der Waals surface area contributed by atoms with Gasteiger partial charge < -0.3 is 15.4 Å². The van der Waals surface area contributed by atoms with Crippen molar-refractivity contribution in [2.45, 2.75) is 25.6 Å². The Kier molecular flexibility index (Phi) is 6.33. The van der Waals surface area contributed by atoms with Crippen molar-refractivity contribution < 1.29 is 17.9 Å². The monoisotopic (exact) mass is 303 g/mol. The van der Waals surface area contributed by atoms with Crippen LogP contribution in [0, 0.1) is 0 Å². The van der Waals surface area contributed by atoms with Gasteiger partial charge in [0.25, 0.3) is 0 Å². The number of halogens is 3. The zero-order valence-electron chi connectivity index (χ0n) is 12.3. The van der Waals surface area contributed by atoms with Crippen LogP contribution >= 0.6 is 0 Å². The quantitative estimate of drug-likeness (QED) is 0.649. The first-order valence-electron chi connectivity index (χ1n) is 6.63. The standard InChI is InChI=1S/C14H20F3N3O/c1-4-10(9-20-13(18-2)19-3)21-12-8-6-5-7-11(12)14(15,16)17/h5-8,10H,4,9H2,1-3H3,(H2,18,19,20). The molecule has 0 spiro atoms. The number of alkyl halides is 3. The van der Waals surface area contributed by atoms with Gasteiger partial charge in [-0.15, -0.1) is 0 Å². The Bertz CT molecular complexity index is 475. The molecule has 0 radical (unpaired) electrons. The average molecular weight is 303 g/mol. The number of ether oxygens (including phenoxy) is 1. The number of hydrogen-bond acceptors (Lipinski definition) is 2. The Balaban J connectivity index is 2.78. The molecule has 0 saturated heterocycles. The highest BCUT2D eigenvalue weighted by Crippen LogP contribution is 2.36. The minimum Gasteiger partial charge on any atom is -0.488 e. The van der Waals surface area contributed by atoms with E-state index in [4.69, 9.17) is 4.74 Å². The third-order valence-electron chi connectivity index (χ3n) is 2.90. The van der Waals surface area contributed by atoms with Gasteiger partial charge in [0.1, 0.15) is 11.9 Å². The van der Waals surface area contributed by atoms with Crippen LogP contribution < -0.4 is 15.4 Å². The van der Waals surface area contributed by atoms with Gasteiger partial charge in [0, 0.05) is 14.1 Å². The van der Waals surface area contributed by atoms with E-state index in [1.807, 2.05) is 6.92 Å². The van der Waals surface area contributed by atoms with Crippen LogP contribution in [0.5, 0.6) is 5.75 Å². The van der Waals surface area contributed by atoms with E-state index in [9.17, 15) is 13.2 Å². The molecule has 2 N–H and O–H groups in total. The van der Waals surface area contributed by atoms with Crippen LogP contribution in [0.3, 0.4) is 0 Å². The van der Waals surface area contributed by atoms with E-state index in [0.29, 0.717) is 18.9 Å². The summed E-state index contributed by atoms with van der Waals surface area (Å²) in [6.45, 7) is 2.21. The lowest BCUT2D eigenvalue weighted by molar-refractivity contribution is -0.139. The zero-order valence-corrected chi connectivity index (χ0v) is 12.3. The molecule has 1 aromatic carbocycles. The Morgan fingerprint density at radius 2 is 2.00 bits per heavy atom. The van der Waals surface area contributed by atoms with E-state index >= 15 is 0 Å². The molecular weight excluding hydrogens is 283 g/mol. The van der Waals surface area contributed by atoms with E-state index in [1.54, 1.807) is 14.1 Å². The second-order valence-corrected chi connectivity index (χ2v) is 4.35. The molecule has 0 bridgehead atoms. The van der Waals surface area contributed by atoms with E-state index in [1.165, 1.54) is 18.2 Å². The van der Waals surface area contributed by atoms with Crippen molar-refractivity contribution in [1.29, 1.82) is 0 Å². The fourth-order valence-electron chi connectivity index (χ4n) is 1.74. The summed E-state index contributed by atoms with van der Waals surface area (Å²) in [6.07, 6.45) is -4.25. The van der Waals surface area contributed by atoms with Crippen LogP contribution in [-0.2, 0) is 6.18 Å². The van der Waals surface area contributed by atoms with Gasteiger partial charge in [0.15, 0.2) is 5.96 Å². The summed E-state index contributed by atoms with van der Waals surface area (Å²) in [7, 11) is 3.32. The molecule has 4 nitrogen and oxygen atoms in total. The molecule has 118 valence electrons. The van der Waals surface area contributed by atoms with Crippen molar-refractivity contribution in [2.24, 2.45) is 4.99 Å².